The molecule has 5 heteroatoms. The molecule has 100 valence electrons. The molecule has 0 bridgehead atoms. The Morgan fingerprint density at radius 2 is 1.78 bits per heavy atom. The van der Waals surface area contributed by atoms with Gasteiger partial charge >= 0.3 is 6.09 Å². The van der Waals surface area contributed by atoms with E-state index in [9.17, 15) is 4.79 Å². The summed E-state index contributed by atoms with van der Waals surface area (Å²) >= 11 is 11.3. The van der Waals surface area contributed by atoms with E-state index in [1.807, 2.05) is 0 Å². The van der Waals surface area contributed by atoms with Gasteiger partial charge in [0.15, 0.2) is 0 Å². The maximum atomic E-state index is 11.4. The number of hydrogen-bond donors (Lipinski definition) is 1. The summed E-state index contributed by atoms with van der Waals surface area (Å²) in [5, 5.41) is 3.26. The fraction of sp³-hybridized carbons (Fsp3) is 0.462. The molecule has 1 N–H and O–H groups in total. The van der Waals surface area contributed by atoms with Crippen molar-refractivity contribution in [2.24, 2.45) is 0 Å². The third kappa shape index (κ3) is 6.72. The number of nitrogens with one attached hydrogen (secondary N) is 1. The number of amides is 1. The van der Waals surface area contributed by atoms with Crippen LogP contribution in [0.3, 0.4) is 0 Å². The summed E-state index contributed by atoms with van der Waals surface area (Å²) in [6, 6.07) is 6.88. The predicted molar refractivity (Wildman–Crippen MR) is 75.6 cm³/mol. The number of carbonyl (C=O) groups excluding carboxylic acids is 1. The van der Waals surface area contributed by atoms with E-state index < -0.39 is 6.09 Å². The molecule has 1 amide bonds. The lowest BCUT2D eigenvalue weighted by Crippen LogP contribution is -2.14. The SMILES string of the molecule is O=C(Nc1ccc(Cl)cc1)OCCCCCCCl. The molecule has 0 radical (unpaired) electrons. The minimum atomic E-state index is -0.435. The topological polar surface area (TPSA) is 38.3 Å². The minimum absolute atomic E-state index is 0.432. The van der Waals surface area contributed by atoms with E-state index in [4.69, 9.17) is 27.9 Å². The molecule has 0 aliphatic heterocycles. The zero-order valence-corrected chi connectivity index (χ0v) is 11.6. The van der Waals surface area contributed by atoms with Gasteiger partial charge in [-0.1, -0.05) is 24.4 Å². The average Bonchev–Trinajstić information content (AvgIpc) is 2.36. The van der Waals surface area contributed by atoms with Crippen molar-refractivity contribution in [2.45, 2.75) is 25.7 Å². The maximum absolute atomic E-state index is 11.4. The van der Waals surface area contributed by atoms with Gasteiger partial charge in [-0.05, 0) is 37.1 Å². The van der Waals surface area contributed by atoms with Crippen molar-refractivity contribution in [1.82, 2.24) is 0 Å². The third-order valence-electron chi connectivity index (χ3n) is 2.35. The fourth-order valence-electron chi connectivity index (χ4n) is 1.40. The quantitative estimate of drug-likeness (QED) is 0.584. The number of benzene rings is 1. The second kappa shape index (κ2) is 9.06. The van der Waals surface area contributed by atoms with E-state index in [0.717, 1.165) is 25.7 Å². The van der Waals surface area contributed by atoms with Crippen LogP contribution in [-0.4, -0.2) is 18.6 Å². The molecule has 0 heterocycles. The van der Waals surface area contributed by atoms with Crippen molar-refractivity contribution >= 4 is 35.0 Å². The van der Waals surface area contributed by atoms with Gasteiger partial charge in [-0.25, -0.2) is 4.79 Å². The van der Waals surface area contributed by atoms with E-state index in [1.54, 1.807) is 24.3 Å². The largest absolute Gasteiger partial charge is 0.449 e. The van der Waals surface area contributed by atoms with Gasteiger partial charge in [0.25, 0.3) is 0 Å². The molecule has 0 saturated heterocycles. The van der Waals surface area contributed by atoms with Crippen LogP contribution in [0.4, 0.5) is 10.5 Å². The summed E-state index contributed by atoms with van der Waals surface area (Å²) in [6.45, 7) is 0.432. The number of alkyl halides is 1. The van der Waals surface area contributed by atoms with Crippen LogP contribution in [0, 0.1) is 0 Å². The summed E-state index contributed by atoms with van der Waals surface area (Å²) in [7, 11) is 0. The van der Waals surface area contributed by atoms with E-state index in [0.29, 0.717) is 23.2 Å². The molecule has 0 saturated carbocycles. The highest BCUT2D eigenvalue weighted by Crippen LogP contribution is 2.13. The Labute approximate surface area is 117 Å². The van der Waals surface area contributed by atoms with Crippen molar-refractivity contribution < 1.29 is 9.53 Å². The van der Waals surface area contributed by atoms with Crippen LogP contribution in [0.2, 0.25) is 5.02 Å². The van der Waals surface area contributed by atoms with E-state index in [-0.39, 0.29) is 0 Å². The number of ether oxygens (including phenoxy) is 1. The number of halogens is 2. The summed E-state index contributed by atoms with van der Waals surface area (Å²) in [5.41, 5.74) is 0.673. The standard InChI is InChI=1S/C13H17Cl2NO2/c14-9-3-1-2-4-10-18-13(17)16-12-7-5-11(15)6-8-12/h5-8H,1-4,9-10H2,(H,16,17). The molecule has 3 nitrogen and oxygen atoms in total. The van der Waals surface area contributed by atoms with Crippen LogP contribution in [0.5, 0.6) is 0 Å². The van der Waals surface area contributed by atoms with Gasteiger partial charge in [0.1, 0.15) is 0 Å². The zero-order valence-electron chi connectivity index (χ0n) is 10.1. The van der Waals surface area contributed by atoms with Gasteiger partial charge in [0.05, 0.1) is 6.61 Å². The monoisotopic (exact) mass is 289 g/mol. The molecule has 0 aliphatic rings. The fourth-order valence-corrected chi connectivity index (χ4v) is 1.72. The second-order valence-corrected chi connectivity index (χ2v) is 4.69. The Morgan fingerprint density at radius 1 is 1.11 bits per heavy atom. The Kier molecular flexibility index (Phi) is 7.62. The molecule has 0 aromatic heterocycles. The molecule has 0 aliphatic carbocycles. The number of hydrogen-bond acceptors (Lipinski definition) is 2. The van der Waals surface area contributed by atoms with Crippen LogP contribution < -0.4 is 5.32 Å². The van der Waals surface area contributed by atoms with Crippen LogP contribution in [0.25, 0.3) is 0 Å². The number of unbranched alkanes of at least 4 members (excludes halogenated alkanes) is 3. The Balaban J connectivity index is 2.12. The van der Waals surface area contributed by atoms with Crippen molar-refractivity contribution in [2.75, 3.05) is 17.8 Å². The predicted octanol–water partition coefficient (Wildman–Crippen LogP) is 4.69. The first-order chi connectivity index (χ1) is 8.72. The zero-order chi connectivity index (χ0) is 13.2. The summed E-state index contributed by atoms with van der Waals surface area (Å²) in [6.07, 6.45) is 3.55. The molecular formula is C13H17Cl2NO2. The third-order valence-corrected chi connectivity index (χ3v) is 2.87. The van der Waals surface area contributed by atoms with Crippen LogP contribution in [0.1, 0.15) is 25.7 Å². The van der Waals surface area contributed by atoms with E-state index in [2.05, 4.69) is 5.32 Å². The second-order valence-electron chi connectivity index (χ2n) is 3.87. The lowest BCUT2D eigenvalue weighted by molar-refractivity contribution is 0.159. The van der Waals surface area contributed by atoms with Crippen LogP contribution >= 0.6 is 23.2 Å². The van der Waals surface area contributed by atoms with Crippen LogP contribution in [0.15, 0.2) is 24.3 Å². The molecule has 1 aromatic rings. The lowest BCUT2D eigenvalue weighted by Gasteiger charge is -2.06. The normalized spacial score (nSPS) is 10.1. The highest BCUT2D eigenvalue weighted by molar-refractivity contribution is 6.30. The minimum Gasteiger partial charge on any atom is -0.449 e. The molecule has 1 rings (SSSR count). The van der Waals surface area contributed by atoms with E-state index in [1.165, 1.54) is 0 Å². The first kappa shape index (κ1) is 15.1. The number of carbonyl (C=O) groups is 1. The first-order valence-electron chi connectivity index (χ1n) is 5.97. The van der Waals surface area contributed by atoms with Crippen molar-refractivity contribution in [1.29, 1.82) is 0 Å². The summed E-state index contributed by atoms with van der Waals surface area (Å²) in [5.74, 6) is 0.692. The Hall–Kier alpha value is -0.930. The summed E-state index contributed by atoms with van der Waals surface area (Å²) < 4.78 is 5.04. The molecule has 0 fully saturated rings. The maximum Gasteiger partial charge on any atom is 0.411 e. The van der Waals surface area contributed by atoms with Crippen molar-refractivity contribution in [3.63, 3.8) is 0 Å². The van der Waals surface area contributed by atoms with Crippen LogP contribution in [-0.2, 0) is 4.74 Å². The van der Waals surface area contributed by atoms with Gasteiger partial charge in [-0.3, -0.25) is 5.32 Å². The number of anilines is 1. The Morgan fingerprint density at radius 3 is 2.44 bits per heavy atom. The van der Waals surface area contributed by atoms with Gasteiger partial charge in [-0.2, -0.15) is 0 Å². The Bertz CT molecular complexity index is 355. The molecule has 0 atom stereocenters. The average molecular weight is 290 g/mol. The van der Waals surface area contributed by atoms with Crippen molar-refractivity contribution in [3.8, 4) is 0 Å². The highest BCUT2D eigenvalue weighted by Gasteiger charge is 2.02. The molecule has 0 unspecified atom stereocenters. The summed E-state index contributed by atoms with van der Waals surface area (Å²) in [4.78, 5) is 11.4. The first-order valence-corrected chi connectivity index (χ1v) is 6.89. The smallest absolute Gasteiger partial charge is 0.411 e. The molecule has 1 aromatic carbocycles. The lowest BCUT2D eigenvalue weighted by atomic mass is 10.2. The highest BCUT2D eigenvalue weighted by atomic mass is 35.5. The van der Waals surface area contributed by atoms with E-state index >= 15 is 0 Å². The molecular weight excluding hydrogens is 273 g/mol. The van der Waals surface area contributed by atoms with Gasteiger partial charge in [-0.15, -0.1) is 11.6 Å². The molecule has 0 spiro atoms. The van der Waals surface area contributed by atoms with Crippen molar-refractivity contribution in [3.05, 3.63) is 29.3 Å². The van der Waals surface area contributed by atoms with Gasteiger partial charge in [0, 0.05) is 16.6 Å². The number of rotatable bonds is 7. The van der Waals surface area contributed by atoms with Gasteiger partial charge < -0.3 is 4.74 Å². The molecule has 18 heavy (non-hydrogen) atoms. The van der Waals surface area contributed by atoms with Gasteiger partial charge in [0.2, 0.25) is 0 Å².